The zero-order valence-corrected chi connectivity index (χ0v) is 23.3. The summed E-state index contributed by atoms with van der Waals surface area (Å²) in [4.78, 5) is 0. The van der Waals surface area contributed by atoms with Crippen LogP contribution in [0.5, 0.6) is 0 Å². The highest BCUT2D eigenvalue weighted by atomic mass is 15.2. The lowest BCUT2D eigenvalue weighted by Gasteiger charge is -2.13. The van der Waals surface area contributed by atoms with Crippen LogP contribution in [0.3, 0.4) is 0 Å². The van der Waals surface area contributed by atoms with Gasteiger partial charge < -0.3 is 0 Å². The van der Waals surface area contributed by atoms with Crippen molar-refractivity contribution in [1.29, 1.82) is 0 Å². The number of rotatable bonds is 3. The van der Waals surface area contributed by atoms with Crippen molar-refractivity contribution in [1.82, 2.24) is 14.8 Å². The van der Waals surface area contributed by atoms with E-state index in [1.54, 1.807) is 0 Å². The van der Waals surface area contributed by atoms with Crippen LogP contribution < -0.4 is 0 Å². The van der Waals surface area contributed by atoms with E-state index in [9.17, 15) is 0 Å². The lowest BCUT2D eigenvalue weighted by Crippen LogP contribution is -2.02. The molecule has 0 saturated carbocycles. The molecule has 0 aliphatic rings. The van der Waals surface area contributed by atoms with Crippen LogP contribution in [-0.2, 0) is 0 Å². The van der Waals surface area contributed by atoms with Gasteiger partial charge in [-0.15, -0.1) is 10.2 Å². The summed E-state index contributed by atoms with van der Waals surface area (Å²) < 4.78 is 2.28. The first kappa shape index (κ1) is 23.9. The van der Waals surface area contributed by atoms with Crippen molar-refractivity contribution in [3.63, 3.8) is 0 Å². The van der Waals surface area contributed by atoms with Gasteiger partial charge >= 0.3 is 0 Å². The van der Waals surface area contributed by atoms with Gasteiger partial charge in [-0.1, -0.05) is 133 Å². The van der Waals surface area contributed by atoms with E-state index in [0.29, 0.717) is 0 Å². The van der Waals surface area contributed by atoms with Crippen LogP contribution in [0.25, 0.3) is 82.3 Å². The molecule has 43 heavy (non-hydrogen) atoms. The molecular weight excluding hydrogens is 522 g/mol. The van der Waals surface area contributed by atoms with Gasteiger partial charge in [0.15, 0.2) is 5.82 Å². The fourth-order valence-corrected chi connectivity index (χ4v) is 6.64. The number of fused-ring (bicyclic) bond motifs is 6. The van der Waals surface area contributed by atoms with E-state index in [1.807, 2.05) is 0 Å². The molecule has 2 aromatic heterocycles. The summed E-state index contributed by atoms with van der Waals surface area (Å²) in [5, 5.41) is 19.3. The number of hydrogen-bond donors (Lipinski definition) is 0. The number of nitrogens with zero attached hydrogens (tertiary/aromatic N) is 3. The Morgan fingerprint density at radius 1 is 0.372 bits per heavy atom. The Labute approximate surface area is 248 Å². The predicted molar refractivity (Wildman–Crippen MR) is 180 cm³/mol. The second-order valence-corrected chi connectivity index (χ2v) is 11.1. The molecule has 0 saturated heterocycles. The van der Waals surface area contributed by atoms with Gasteiger partial charge in [-0.25, -0.2) is 0 Å². The highest BCUT2D eigenvalue weighted by Crippen LogP contribution is 2.38. The topological polar surface area (TPSA) is 30.7 Å². The Morgan fingerprint density at radius 2 is 0.977 bits per heavy atom. The minimum absolute atomic E-state index is 0.841. The number of para-hydroxylation sites is 1. The minimum Gasteiger partial charge on any atom is -0.292 e. The Bertz CT molecular complexity index is 2500. The maximum Gasteiger partial charge on any atom is 0.168 e. The van der Waals surface area contributed by atoms with Crippen molar-refractivity contribution in [2.45, 2.75) is 0 Å². The molecule has 9 rings (SSSR count). The van der Waals surface area contributed by atoms with E-state index in [1.165, 1.54) is 43.4 Å². The van der Waals surface area contributed by atoms with Gasteiger partial charge in [-0.2, -0.15) is 0 Å². The Kier molecular flexibility index (Phi) is 5.20. The van der Waals surface area contributed by atoms with Gasteiger partial charge in [0.2, 0.25) is 0 Å². The van der Waals surface area contributed by atoms with Crippen molar-refractivity contribution in [2.75, 3.05) is 0 Å². The van der Waals surface area contributed by atoms with E-state index >= 15 is 0 Å². The first-order chi connectivity index (χ1) is 21.3. The fourth-order valence-electron chi connectivity index (χ4n) is 6.64. The molecule has 0 N–H and O–H groups in total. The van der Waals surface area contributed by atoms with Crippen molar-refractivity contribution in [2.24, 2.45) is 0 Å². The van der Waals surface area contributed by atoms with E-state index in [0.717, 1.165) is 38.9 Å². The number of aromatic nitrogens is 3. The number of benzene rings is 7. The minimum atomic E-state index is 0.841. The normalized spacial score (nSPS) is 11.7. The molecule has 0 aliphatic carbocycles. The summed E-state index contributed by atoms with van der Waals surface area (Å²) >= 11 is 0. The summed E-state index contributed by atoms with van der Waals surface area (Å²) in [5.74, 6) is 0.841. The first-order valence-corrected chi connectivity index (χ1v) is 14.6. The molecular formula is C40H25N3. The molecule has 3 heteroatoms. The number of hydrogen-bond acceptors (Lipinski definition) is 2. The van der Waals surface area contributed by atoms with E-state index in [2.05, 4.69) is 156 Å². The van der Waals surface area contributed by atoms with Crippen LogP contribution in [0.4, 0.5) is 0 Å². The van der Waals surface area contributed by atoms with Crippen LogP contribution in [0.1, 0.15) is 0 Å². The third-order valence-electron chi connectivity index (χ3n) is 8.68. The van der Waals surface area contributed by atoms with Crippen molar-refractivity contribution in [3.8, 4) is 28.2 Å². The Hall–Kier alpha value is -5.80. The highest BCUT2D eigenvalue weighted by molar-refractivity contribution is 6.14. The molecule has 7 aromatic carbocycles. The van der Waals surface area contributed by atoms with Gasteiger partial charge in [0.1, 0.15) is 5.69 Å². The van der Waals surface area contributed by atoms with Crippen LogP contribution in [0.15, 0.2) is 152 Å². The van der Waals surface area contributed by atoms with Gasteiger partial charge in [-0.3, -0.25) is 4.57 Å². The van der Waals surface area contributed by atoms with E-state index in [-0.39, 0.29) is 0 Å². The third-order valence-corrected chi connectivity index (χ3v) is 8.68. The quantitative estimate of drug-likeness (QED) is 0.220. The van der Waals surface area contributed by atoms with Crippen LogP contribution in [0.2, 0.25) is 0 Å². The molecule has 0 unspecified atom stereocenters. The maximum atomic E-state index is 4.94. The average Bonchev–Trinajstić information content (AvgIpc) is 3.39. The second-order valence-electron chi connectivity index (χ2n) is 11.1. The van der Waals surface area contributed by atoms with E-state index in [4.69, 9.17) is 10.2 Å². The third kappa shape index (κ3) is 3.68. The molecule has 0 amide bonds. The molecule has 200 valence electrons. The molecule has 0 radical (unpaired) electrons. The Morgan fingerprint density at radius 3 is 1.79 bits per heavy atom. The van der Waals surface area contributed by atoms with Crippen molar-refractivity contribution >= 4 is 54.1 Å². The lowest BCUT2D eigenvalue weighted by atomic mass is 9.96. The van der Waals surface area contributed by atoms with Gasteiger partial charge in [-0.05, 0) is 50.9 Å². The Balaban J connectivity index is 1.23. The molecule has 0 aliphatic heterocycles. The van der Waals surface area contributed by atoms with Crippen LogP contribution in [0, 0.1) is 0 Å². The second kappa shape index (κ2) is 9.37. The molecule has 3 nitrogen and oxygen atoms in total. The molecule has 9 aromatic rings. The summed E-state index contributed by atoms with van der Waals surface area (Å²) in [7, 11) is 0. The molecule has 0 atom stereocenters. The van der Waals surface area contributed by atoms with Crippen LogP contribution in [-0.4, -0.2) is 14.8 Å². The monoisotopic (exact) mass is 547 g/mol. The average molecular weight is 548 g/mol. The summed E-state index contributed by atoms with van der Waals surface area (Å²) in [6, 6.07) is 53.9. The smallest absolute Gasteiger partial charge is 0.168 e. The van der Waals surface area contributed by atoms with E-state index < -0.39 is 0 Å². The van der Waals surface area contributed by atoms with Crippen molar-refractivity contribution in [3.05, 3.63) is 152 Å². The first-order valence-electron chi connectivity index (χ1n) is 14.6. The summed E-state index contributed by atoms with van der Waals surface area (Å²) in [6.07, 6.45) is 0. The zero-order chi connectivity index (χ0) is 28.3. The van der Waals surface area contributed by atoms with Crippen LogP contribution >= 0.6 is 0 Å². The standard InChI is InChI=1S/C40H25N3/c1-2-12-30-25-38-36(24-29(30)11-1)33-15-7-8-19-37(33)43(38)40-35-17-6-5-16-34(35)39(41-42-40)28-22-20-27(21-23-28)32-18-9-13-26-10-3-4-14-31(26)32/h1-25H. The van der Waals surface area contributed by atoms with Gasteiger partial charge in [0.25, 0.3) is 0 Å². The SMILES string of the molecule is c1ccc2cc3c(cc2c1)c1ccccc1n3-c1nnc(-c2ccc(-c3cccc4ccccc34)cc2)c2ccccc12. The zero-order valence-electron chi connectivity index (χ0n) is 23.3. The fraction of sp³-hybridized carbons (Fsp3) is 0. The molecule has 0 fully saturated rings. The molecule has 0 spiro atoms. The summed E-state index contributed by atoms with van der Waals surface area (Å²) in [6.45, 7) is 0. The van der Waals surface area contributed by atoms with Gasteiger partial charge in [0.05, 0.1) is 11.0 Å². The van der Waals surface area contributed by atoms with Gasteiger partial charge in [0, 0.05) is 27.1 Å². The van der Waals surface area contributed by atoms with Crippen molar-refractivity contribution < 1.29 is 0 Å². The lowest BCUT2D eigenvalue weighted by molar-refractivity contribution is 0.977. The largest absolute Gasteiger partial charge is 0.292 e. The predicted octanol–water partition coefficient (Wildman–Crippen LogP) is 10.4. The molecule has 2 heterocycles. The maximum absolute atomic E-state index is 4.94. The summed E-state index contributed by atoms with van der Waals surface area (Å²) in [5.41, 5.74) is 6.61. The molecule has 0 bridgehead atoms. The highest BCUT2D eigenvalue weighted by Gasteiger charge is 2.18.